The molecule has 1 aromatic heterocycles. The number of halogens is 3. The molecule has 2 aromatic carbocycles. The highest BCUT2D eigenvalue weighted by molar-refractivity contribution is 5.59. The quantitative estimate of drug-likeness (QED) is 0.377. The van der Waals surface area contributed by atoms with Crippen molar-refractivity contribution >= 4 is 0 Å². The smallest absolute Gasteiger partial charge is 0.279 e. The van der Waals surface area contributed by atoms with Gasteiger partial charge >= 0.3 is 6.18 Å². The molecule has 0 saturated carbocycles. The lowest BCUT2D eigenvalue weighted by atomic mass is 9.91. The number of aromatic nitrogens is 1. The fourth-order valence-corrected chi connectivity index (χ4v) is 4.26. The van der Waals surface area contributed by atoms with E-state index in [4.69, 9.17) is 0 Å². The van der Waals surface area contributed by atoms with Crippen LogP contribution in [0.4, 0.5) is 13.2 Å². The van der Waals surface area contributed by atoms with Gasteiger partial charge in [-0.05, 0) is 67.2 Å². The van der Waals surface area contributed by atoms with Gasteiger partial charge in [0.2, 0.25) is 0 Å². The minimum absolute atomic E-state index is 0.0593. The van der Waals surface area contributed by atoms with Gasteiger partial charge in [0, 0.05) is 24.3 Å². The zero-order valence-electron chi connectivity index (χ0n) is 19.0. The second kappa shape index (κ2) is 10.3. The van der Waals surface area contributed by atoms with Gasteiger partial charge in [0.05, 0.1) is 17.3 Å². The molecule has 0 spiro atoms. The van der Waals surface area contributed by atoms with Gasteiger partial charge in [-0.15, -0.1) is 0 Å². The monoisotopic (exact) mass is 459 g/mol. The van der Waals surface area contributed by atoms with Crippen molar-refractivity contribution in [3.63, 3.8) is 0 Å². The first-order chi connectivity index (χ1) is 16.3. The molecule has 5 heteroatoms. The first kappa shape index (κ1) is 23.8. The van der Waals surface area contributed by atoms with Crippen LogP contribution in [0.5, 0.6) is 0 Å². The summed E-state index contributed by atoms with van der Waals surface area (Å²) in [6.07, 6.45) is 1.27. The molecular weight excluding hydrogens is 433 g/mol. The number of piperidine rings is 1. The molecule has 2 nitrogen and oxygen atoms in total. The summed E-state index contributed by atoms with van der Waals surface area (Å²) >= 11 is 0. The van der Waals surface area contributed by atoms with Crippen molar-refractivity contribution < 1.29 is 13.2 Å². The Labute approximate surface area is 199 Å². The number of pyridine rings is 1. The number of hydrogen-bond donors (Lipinski definition) is 0. The average molecular weight is 460 g/mol. The highest BCUT2D eigenvalue weighted by Crippen LogP contribution is 2.38. The van der Waals surface area contributed by atoms with Gasteiger partial charge in [-0.3, -0.25) is 9.88 Å². The van der Waals surface area contributed by atoms with Crippen LogP contribution in [0.25, 0.3) is 11.3 Å². The molecule has 2 atom stereocenters. The Bertz CT molecular complexity index is 1170. The molecule has 1 saturated heterocycles. The van der Waals surface area contributed by atoms with Gasteiger partial charge in [-0.2, -0.15) is 13.2 Å². The van der Waals surface area contributed by atoms with Gasteiger partial charge in [-0.25, -0.2) is 0 Å². The van der Waals surface area contributed by atoms with E-state index in [1.165, 1.54) is 12.1 Å². The molecule has 34 heavy (non-hydrogen) atoms. The zero-order chi connectivity index (χ0) is 24.1. The standard InChI is InChI=1S/C29H26F3N2/c1-21(2)9-18-28(23-12-10-22(11-13-23)26-7-3-5-19-33-26)34-20-6-4-8-27(34)24-14-16-25(17-15-24)29(30,31)32/h3-5,7,10-17,19,27-28H,1,6,8,20H2,2H3/t27-,28+/m0/s1. The first-order valence-corrected chi connectivity index (χ1v) is 11.3. The van der Waals surface area contributed by atoms with E-state index in [2.05, 4.69) is 46.9 Å². The summed E-state index contributed by atoms with van der Waals surface area (Å²) in [7, 11) is 0. The fraction of sp³-hybridized carbons (Fsp3) is 0.241. The third-order valence-electron chi connectivity index (χ3n) is 5.95. The van der Waals surface area contributed by atoms with Crippen LogP contribution >= 0.6 is 0 Å². The molecule has 1 radical (unpaired) electrons. The SMILES string of the molecule is C=C(C)C#C[C@H](c1ccc(-c2ccccn2)cc1)N1CC[CH]C[C@H]1c1ccc(C(F)(F)F)cc1. The first-order valence-electron chi connectivity index (χ1n) is 11.3. The molecule has 0 unspecified atom stereocenters. The van der Waals surface area contributed by atoms with Crippen molar-refractivity contribution in [1.29, 1.82) is 0 Å². The Morgan fingerprint density at radius 1 is 1.06 bits per heavy atom. The number of benzene rings is 2. The van der Waals surface area contributed by atoms with E-state index in [1.807, 2.05) is 37.3 Å². The normalized spacial score (nSPS) is 17.5. The predicted molar refractivity (Wildman–Crippen MR) is 129 cm³/mol. The van der Waals surface area contributed by atoms with Crippen LogP contribution in [0.1, 0.15) is 48.5 Å². The van der Waals surface area contributed by atoms with Crippen molar-refractivity contribution in [3.05, 3.63) is 108 Å². The molecule has 0 bridgehead atoms. The van der Waals surface area contributed by atoms with Crippen LogP contribution in [0.3, 0.4) is 0 Å². The van der Waals surface area contributed by atoms with E-state index in [1.54, 1.807) is 18.3 Å². The lowest BCUT2D eigenvalue weighted by molar-refractivity contribution is -0.137. The van der Waals surface area contributed by atoms with E-state index in [0.717, 1.165) is 47.3 Å². The lowest BCUT2D eigenvalue weighted by Crippen LogP contribution is -2.36. The molecule has 1 fully saturated rings. The van der Waals surface area contributed by atoms with Crippen LogP contribution < -0.4 is 0 Å². The van der Waals surface area contributed by atoms with Gasteiger partial charge in [0.1, 0.15) is 0 Å². The van der Waals surface area contributed by atoms with E-state index < -0.39 is 11.7 Å². The van der Waals surface area contributed by atoms with Crippen LogP contribution in [-0.2, 0) is 6.18 Å². The Morgan fingerprint density at radius 2 is 1.79 bits per heavy atom. The molecule has 0 N–H and O–H groups in total. The third-order valence-corrected chi connectivity index (χ3v) is 5.95. The molecule has 4 rings (SSSR count). The van der Waals surface area contributed by atoms with Gasteiger partial charge in [0.25, 0.3) is 0 Å². The largest absolute Gasteiger partial charge is 0.416 e. The second-order valence-corrected chi connectivity index (χ2v) is 8.48. The lowest BCUT2D eigenvalue weighted by Gasteiger charge is -2.39. The molecule has 0 amide bonds. The van der Waals surface area contributed by atoms with Gasteiger partial charge < -0.3 is 0 Å². The van der Waals surface area contributed by atoms with Crippen LogP contribution in [0, 0.1) is 18.3 Å². The summed E-state index contributed by atoms with van der Waals surface area (Å²) in [6.45, 7) is 6.55. The Morgan fingerprint density at radius 3 is 2.41 bits per heavy atom. The van der Waals surface area contributed by atoms with E-state index in [-0.39, 0.29) is 12.1 Å². The number of hydrogen-bond acceptors (Lipinski definition) is 2. The number of nitrogens with zero attached hydrogens (tertiary/aromatic N) is 2. The van der Waals surface area contributed by atoms with Crippen LogP contribution in [0.2, 0.25) is 0 Å². The highest BCUT2D eigenvalue weighted by atomic mass is 19.4. The van der Waals surface area contributed by atoms with Crippen molar-refractivity contribution in [2.45, 2.75) is 38.0 Å². The fourth-order valence-electron chi connectivity index (χ4n) is 4.26. The average Bonchev–Trinajstić information content (AvgIpc) is 2.85. The second-order valence-electron chi connectivity index (χ2n) is 8.48. The highest BCUT2D eigenvalue weighted by Gasteiger charge is 2.33. The van der Waals surface area contributed by atoms with E-state index in [9.17, 15) is 13.2 Å². The predicted octanol–water partition coefficient (Wildman–Crippen LogP) is 7.43. The number of likely N-dealkylation sites (tertiary alicyclic amines) is 1. The molecule has 1 aliphatic heterocycles. The van der Waals surface area contributed by atoms with Crippen molar-refractivity contribution in [3.8, 4) is 23.1 Å². The molecule has 173 valence electrons. The van der Waals surface area contributed by atoms with E-state index >= 15 is 0 Å². The van der Waals surface area contributed by atoms with Gasteiger partial charge in [-0.1, -0.05) is 60.9 Å². The number of alkyl halides is 3. The molecule has 0 aliphatic carbocycles. The van der Waals surface area contributed by atoms with Gasteiger partial charge in [0.15, 0.2) is 0 Å². The third kappa shape index (κ3) is 5.58. The van der Waals surface area contributed by atoms with Crippen molar-refractivity contribution in [2.75, 3.05) is 6.54 Å². The summed E-state index contributed by atoms with van der Waals surface area (Å²) in [5, 5.41) is 0. The van der Waals surface area contributed by atoms with E-state index in [0.29, 0.717) is 0 Å². The maximum atomic E-state index is 13.1. The summed E-state index contributed by atoms with van der Waals surface area (Å²) in [5.74, 6) is 6.50. The molecule has 3 aromatic rings. The van der Waals surface area contributed by atoms with Crippen LogP contribution in [-0.4, -0.2) is 16.4 Å². The summed E-state index contributed by atoms with van der Waals surface area (Å²) in [4.78, 5) is 6.70. The minimum atomic E-state index is -4.35. The topological polar surface area (TPSA) is 16.1 Å². The summed E-state index contributed by atoms with van der Waals surface area (Å²) in [5.41, 5.74) is 3.94. The molecule has 2 heterocycles. The Kier molecular flexibility index (Phi) is 7.19. The van der Waals surface area contributed by atoms with Crippen molar-refractivity contribution in [1.82, 2.24) is 9.88 Å². The van der Waals surface area contributed by atoms with Crippen molar-refractivity contribution in [2.24, 2.45) is 0 Å². The number of allylic oxidation sites excluding steroid dienone is 1. The molecular formula is C29H26F3N2. The summed E-state index contributed by atoms with van der Waals surface area (Å²) in [6, 6.07) is 19.2. The maximum absolute atomic E-state index is 13.1. The maximum Gasteiger partial charge on any atom is 0.416 e. The zero-order valence-corrected chi connectivity index (χ0v) is 19.0. The minimum Gasteiger partial charge on any atom is -0.279 e. The summed E-state index contributed by atoms with van der Waals surface area (Å²) < 4.78 is 39.2. The number of rotatable bonds is 4. The Balaban J connectivity index is 1.68. The Hall–Kier alpha value is -3.36. The molecule has 1 aliphatic rings. The van der Waals surface area contributed by atoms with Crippen LogP contribution in [0.15, 0.2) is 85.1 Å².